The summed E-state index contributed by atoms with van der Waals surface area (Å²) in [4.78, 5) is 14.7. The average Bonchev–Trinajstić information content (AvgIpc) is 2.99. The summed E-state index contributed by atoms with van der Waals surface area (Å²) < 4.78 is 24.9. The van der Waals surface area contributed by atoms with Crippen LogP contribution in [0.1, 0.15) is 41.2 Å². The summed E-state index contributed by atoms with van der Waals surface area (Å²) in [6.45, 7) is 1.96. The maximum atomic E-state index is 13.5. The summed E-state index contributed by atoms with van der Waals surface area (Å²) >= 11 is 0. The molecule has 2 aromatic rings. The monoisotopic (exact) mass is 341 g/mol. The SMILES string of the molecule is O=C(c1cccc(F)c1)N1CCC[C@@H]1c1ccc2c(c1)OCCCO2. The number of carbonyl (C=O) groups excluding carboxylic acids is 1. The van der Waals surface area contributed by atoms with Crippen molar-refractivity contribution < 1.29 is 18.7 Å². The summed E-state index contributed by atoms with van der Waals surface area (Å²) in [6.07, 6.45) is 2.68. The number of carbonyl (C=O) groups is 1. The Bertz CT molecular complexity index is 792. The smallest absolute Gasteiger partial charge is 0.254 e. The Labute approximate surface area is 146 Å². The maximum absolute atomic E-state index is 13.5. The van der Waals surface area contributed by atoms with Crippen molar-refractivity contribution in [3.8, 4) is 11.5 Å². The van der Waals surface area contributed by atoms with E-state index in [0.717, 1.165) is 36.3 Å². The lowest BCUT2D eigenvalue weighted by Crippen LogP contribution is -2.30. The van der Waals surface area contributed by atoms with E-state index in [1.54, 1.807) is 12.1 Å². The second-order valence-corrected chi connectivity index (χ2v) is 6.42. The van der Waals surface area contributed by atoms with Crippen molar-refractivity contribution in [1.29, 1.82) is 0 Å². The minimum Gasteiger partial charge on any atom is -0.490 e. The molecule has 2 aliphatic heterocycles. The van der Waals surface area contributed by atoms with Crippen LogP contribution in [-0.4, -0.2) is 30.6 Å². The second kappa shape index (κ2) is 6.75. The Kier molecular flexibility index (Phi) is 4.30. The van der Waals surface area contributed by atoms with Gasteiger partial charge < -0.3 is 14.4 Å². The maximum Gasteiger partial charge on any atom is 0.254 e. The van der Waals surface area contributed by atoms with E-state index >= 15 is 0 Å². The van der Waals surface area contributed by atoms with Gasteiger partial charge in [-0.3, -0.25) is 4.79 Å². The molecule has 4 rings (SSSR count). The predicted molar refractivity (Wildman–Crippen MR) is 91.5 cm³/mol. The van der Waals surface area contributed by atoms with Gasteiger partial charge in [-0.05, 0) is 48.7 Å². The highest BCUT2D eigenvalue weighted by Gasteiger charge is 2.31. The number of nitrogens with zero attached hydrogens (tertiary/aromatic N) is 1. The molecule has 0 aliphatic carbocycles. The zero-order valence-corrected chi connectivity index (χ0v) is 13.9. The predicted octanol–water partition coefficient (Wildman–Crippen LogP) is 3.96. The largest absolute Gasteiger partial charge is 0.490 e. The Morgan fingerprint density at radius 2 is 1.88 bits per heavy atom. The molecule has 2 aromatic carbocycles. The van der Waals surface area contributed by atoms with Crippen LogP contribution in [0.25, 0.3) is 0 Å². The molecule has 25 heavy (non-hydrogen) atoms. The van der Waals surface area contributed by atoms with E-state index in [1.165, 1.54) is 12.1 Å². The van der Waals surface area contributed by atoms with E-state index in [-0.39, 0.29) is 11.9 Å². The molecule has 5 heteroatoms. The van der Waals surface area contributed by atoms with Crippen molar-refractivity contribution >= 4 is 5.91 Å². The quantitative estimate of drug-likeness (QED) is 0.830. The van der Waals surface area contributed by atoms with Gasteiger partial charge in [0.05, 0.1) is 19.3 Å². The number of hydrogen-bond acceptors (Lipinski definition) is 3. The Hall–Kier alpha value is -2.56. The van der Waals surface area contributed by atoms with Gasteiger partial charge in [0.25, 0.3) is 5.91 Å². The first-order valence-electron chi connectivity index (χ1n) is 8.68. The van der Waals surface area contributed by atoms with Gasteiger partial charge in [-0.15, -0.1) is 0 Å². The van der Waals surface area contributed by atoms with Gasteiger partial charge in [-0.25, -0.2) is 4.39 Å². The molecule has 1 fully saturated rings. The zero-order valence-electron chi connectivity index (χ0n) is 13.9. The molecule has 1 saturated heterocycles. The molecule has 0 radical (unpaired) electrons. The van der Waals surface area contributed by atoms with E-state index in [2.05, 4.69) is 0 Å². The van der Waals surface area contributed by atoms with Crippen LogP contribution in [0.15, 0.2) is 42.5 Å². The van der Waals surface area contributed by atoms with Crippen molar-refractivity contribution in [2.45, 2.75) is 25.3 Å². The molecule has 1 amide bonds. The third-order valence-electron chi connectivity index (χ3n) is 4.74. The summed E-state index contributed by atoms with van der Waals surface area (Å²) in [6, 6.07) is 11.7. The highest BCUT2D eigenvalue weighted by molar-refractivity contribution is 5.94. The molecule has 0 aromatic heterocycles. The molecule has 0 bridgehead atoms. The normalized spacial score (nSPS) is 19.6. The standard InChI is InChI=1S/C20H20FNO3/c21-16-5-1-4-15(12-16)20(23)22-9-2-6-17(22)14-7-8-18-19(13-14)25-11-3-10-24-18/h1,4-5,7-8,12-13,17H,2-3,6,9-11H2/t17-/m1/s1. The lowest BCUT2D eigenvalue weighted by molar-refractivity contribution is 0.0735. The highest BCUT2D eigenvalue weighted by atomic mass is 19.1. The number of fused-ring (bicyclic) bond motifs is 1. The summed E-state index contributed by atoms with van der Waals surface area (Å²) in [5.41, 5.74) is 1.42. The summed E-state index contributed by atoms with van der Waals surface area (Å²) in [5.74, 6) is 0.966. The van der Waals surface area contributed by atoms with Crippen LogP contribution in [0.2, 0.25) is 0 Å². The van der Waals surface area contributed by atoms with Crippen LogP contribution in [0.4, 0.5) is 4.39 Å². The van der Waals surface area contributed by atoms with Crippen LogP contribution in [0.3, 0.4) is 0 Å². The minimum atomic E-state index is -0.392. The third kappa shape index (κ3) is 3.18. The first-order valence-corrected chi connectivity index (χ1v) is 8.68. The molecule has 0 unspecified atom stereocenters. The fourth-order valence-corrected chi connectivity index (χ4v) is 3.53. The van der Waals surface area contributed by atoms with Gasteiger partial charge in [0.1, 0.15) is 5.82 Å². The summed E-state index contributed by atoms with van der Waals surface area (Å²) in [5, 5.41) is 0. The molecule has 0 spiro atoms. The van der Waals surface area contributed by atoms with Crippen molar-refractivity contribution in [3.05, 3.63) is 59.4 Å². The van der Waals surface area contributed by atoms with E-state index in [1.807, 2.05) is 23.1 Å². The molecule has 130 valence electrons. The van der Waals surface area contributed by atoms with Crippen LogP contribution >= 0.6 is 0 Å². The van der Waals surface area contributed by atoms with Crippen LogP contribution < -0.4 is 9.47 Å². The Morgan fingerprint density at radius 1 is 1.04 bits per heavy atom. The molecule has 0 saturated carbocycles. The van der Waals surface area contributed by atoms with Gasteiger partial charge >= 0.3 is 0 Å². The lowest BCUT2D eigenvalue weighted by Gasteiger charge is -2.26. The topological polar surface area (TPSA) is 38.8 Å². The molecular weight excluding hydrogens is 321 g/mol. The van der Waals surface area contributed by atoms with Crippen LogP contribution in [0, 0.1) is 5.82 Å². The fourth-order valence-electron chi connectivity index (χ4n) is 3.53. The number of rotatable bonds is 2. The average molecular weight is 341 g/mol. The van der Waals surface area contributed by atoms with E-state index in [9.17, 15) is 9.18 Å². The molecule has 2 heterocycles. The lowest BCUT2D eigenvalue weighted by atomic mass is 10.0. The van der Waals surface area contributed by atoms with E-state index in [4.69, 9.17) is 9.47 Å². The second-order valence-electron chi connectivity index (χ2n) is 6.42. The molecule has 0 N–H and O–H groups in total. The van der Waals surface area contributed by atoms with E-state index in [0.29, 0.717) is 25.3 Å². The van der Waals surface area contributed by atoms with Gasteiger partial charge in [0, 0.05) is 18.5 Å². The number of halogens is 1. The minimum absolute atomic E-state index is 0.0204. The zero-order chi connectivity index (χ0) is 17.2. The van der Waals surface area contributed by atoms with Crippen LogP contribution in [0.5, 0.6) is 11.5 Å². The van der Waals surface area contributed by atoms with Crippen LogP contribution in [-0.2, 0) is 0 Å². The van der Waals surface area contributed by atoms with Crippen molar-refractivity contribution in [2.24, 2.45) is 0 Å². The molecule has 1 atom stereocenters. The van der Waals surface area contributed by atoms with E-state index < -0.39 is 5.82 Å². The van der Waals surface area contributed by atoms with Gasteiger partial charge in [0.2, 0.25) is 0 Å². The molecular formula is C20H20FNO3. The number of benzene rings is 2. The van der Waals surface area contributed by atoms with Gasteiger partial charge in [0.15, 0.2) is 11.5 Å². The van der Waals surface area contributed by atoms with Gasteiger partial charge in [-0.2, -0.15) is 0 Å². The Morgan fingerprint density at radius 3 is 2.72 bits per heavy atom. The van der Waals surface area contributed by atoms with Crippen molar-refractivity contribution in [2.75, 3.05) is 19.8 Å². The summed E-state index contributed by atoms with van der Waals surface area (Å²) in [7, 11) is 0. The number of hydrogen-bond donors (Lipinski definition) is 0. The third-order valence-corrected chi connectivity index (χ3v) is 4.74. The fraction of sp³-hybridized carbons (Fsp3) is 0.350. The van der Waals surface area contributed by atoms with Gasteiger partial charge in [-0.1, -0.05) is 12.1 Å². The first kappa shape index (κ1) is 15.9. The van der Waals surface area contributed by atoms with Crippen molar-refractivity contribution in [3.63, 3.8) is 0 Å². The molecule has 2 aliphatic rings. The number of amides is 1. The number of ether oxygens (including phenoxy) is 2. The molecule has 4 nitrogen and oxygen atoms in total. The highest BCUT2D eigenvalue weighted by Crippen LogP contribution is 2.38. The Balaban J connectivity index is 1.61. The number of likely N-dealkylation sites (tertiary alicyclic amines) is 1. The first-order chi connectivity index (χ1) is 12.2. The van der Waals surface area contributed by atoms with Crippen molar-refractivity contribution in [1.82, 2.24) is 4.90 Å².